The van der Waals surface area contributed by atoms with E-state index < -0.39 is 5.72 Å². The Bertz CT molecular complexity index is 996. The molecule has 3 heterocycles. The van der Waals surface area contributed by atoms with E-state index in [0.717, 1.165) is 34.8 Å². The Morgan fingerprint density at radius 3 is 2.61 bits per heavy atom. The first-order valence-corrected chi connectivity index (χ1v) is 10.8. The normalized spacial score (nSPS) is 21.1. The molecule has 0 unspecified atom stereocenters. The van der Waals surface area contributed by atoms with Gasteiger partial charge in [-0.15, -0.1) is 0 Å². The standard InChI is InChI=1S/C24H27N3O4/c1-3-30-23(28)26-14-12-24(13-15-26)27-21(19-6-4-5-7-22(19)31-24)16-20(25-27)17-8-10-18(29-2)11-9-17/h4-11,21H,3,12-16H2,1-2H3/t21-/m1/s1. The number of nitrogens with zero attached hydrogens (tertiary/aromatic N) is 3. The van der Waals surface area contributed by atoms with Crippen LogP contribution in [0.3, 0.4) is 0 Å². The summed E-state index contributed by atoms with van der Waals surface area (Å²) in [5, 5.41) is 7.22. The van der Waals surface area contributed by atoms with E-state index in [1.54, 1.807) is 12.0 Å². The monoisotopic (exact) mass is 421 g/mol. The minimum atomic E-state index is -0.559. The van der Waals surface area contributed by atoms with Gasteiger partial charge in [-0.1, -0.05) is 18.2 Å². The van der Waals surface area contributed by atoms with Crippen LogP contribution in [-0.2, 0) is 4.74 Å². The smallest absolute Gasteiger partial charge is 0.409 e. The fourth-order valence-electron chi connectivity index (χ4n) is 4.77. The summed E-state index contributed by atoms with van der Waals surface area (Å²) in [5.74, 6) is 1.75. The number of hydrazone groups is 1. The van der Waals surface area contributed by atoms with Crippen molar-refractivity contribution in [2.24, 2.45) is 5.10 Å². The van der Waals surface area contributed by atoms with Crippen molar-refractivity contribution in [2.45, 2.75) is 38.0 Å². The molecule has 1 amide bonds. The van der Waals surface area contributed by atoms with Gasteiger partial charge < -0.3 is 19.1 Å². The van der Waals surface area contributed by atoms with E-state index in [1.807, 2.05) is 37.3 Å². The van der Waals surface area contributed by atoms with E-state index in [0.29, 0.717) is 32.5 Å². The maximum atomic E-state index is 12.2. The Morgan fingerprint density at radius 1 is 1.16 bits per heavy atom. The number of hydrogen-bond donors (Lipinski definition) is 0. The molecule has 0 radical (unpaired) electrons. The molecule has 5 rings (SSSR count). The maximum absolute atomic E-state index is 12.2. The predicted octanol–water partition coefficient (Wildman–Crippen LogP) is 4.19. The number of hydrogen-bond acceptors (Lipinski definition) is 6. The van der Waals surface area contributed by atoms with Crippen LogP contribution >= 0.6 is 0 Å². The van der Waals surface area contributed by atoms with Crippen LogP contribution in [0.25, 0.3) is 0 Å². The second-order valence-electron chi connectivity index (χ2n) is 8.11. The Kier molecular flexibility index (Phi) is 4.96. The number of benzene rings is 2. The van der Waals surface area contributed by atoms with Crippen molar-refractivity contribution in [3.05, 3.63) is 59.7 Å². The highest BCUT2D eigenvalue weighted by Crippen LogP contribution is 2.49. The number of fused-ring (bicyclic) bond motifs is 4. The molecule has 1 atom stereocenters. The molecule has 3 aliphatic rings. The summed E-state index contributed by atoms with van der Waals surface area (Å²) in [7, 11) is 1.67. The number of rotatable bonds is 3. The highest BCUT2D eigenvalue weighted by atomic mass is 16.6. The lowest BCUT2D eigenvalue weighted by Crippen LogP contribution is -2.59. The first-order chi connectivity index (χ1) is 15.1. The van der Waals surface area contributed by atoms with Gasteiger partial charge in [0.2, 0.25) is 5.72 Å². The molecule has 2 aromatic carbocycles. The molecule has 0 N–H and O–H groups in total. The lowest BCUT2D eigenvalue weighted by atomic mass is 9.91. The van der Waals surface area contributed by atoms with Crippen molar-refractivity contribution in [3.8, 4) is 11.5 Å². The van der Waals surface area contributed by atoms with Gasteiger partial charge in [0.1, 0.15) is 11.5 Å². The zero-order valence-corrected chi connectivity index (χ0v) is 17.9. The molecular weight excluding hydrogens is 394 g/mol. The topological polar surface area (TPSA) is 63.6 Å². The van der Waals surface area contributed by atoms with Crippen molar-refractivity contribution < 1.29 is 19.0 Å². The van der Waals surface area contributed by atoms with Crippen molar-refractivity contribution in [3.63, 3.8) is 0 Å². The Labute approximate surface area is 182 Å². The van der Waals surface area contributed by atoms with Gasteiger partial charge in [0.25, 0.3) is 0 Å². The molecule has 0 aliphatic carbocycles. The van der Waals surface area contributed by atoms with Crippen LogP contribution in [-0.4, -0.2) is 54.2 Å². The van der Waals surface area contributed by atoms with Gasteiger partial charge in [0, 0.05) is 37.9 Å². The summed E-state index contributed by atoms with van der Waals surface area (Å²) < 4.78 is 17.1. The number of carbonyl (C=O) groups is 1. The SMILES string of the molecule is CCOC(=O)N1CCC2(CC1)Oc1ccccc1[C@H]1CC(c3ccc(OC)cc3)=NN12. The fraction of sp³-hybridized carbons (Fsp3) is 0.417. The van der Waals surface area contributed by atoms with Crippen molar-refractivity contribution in [2.75, 3.05) is 26.8 Å². The van der Waals surface area contributed by atoms with Crippen LogP contribution < -0.4 is 9.47 Å². The number of piperidine rings is 1. The number of likely N-dealkylation sites (tertiary alicyclic amines) is 1. The van der Waals surface area contributed by atoms with Crippen molar-refractivity contribution >= 4 is 11.8 Å². The number of amides is 1. The van der Waals surface area contributed by atoms with Gasteiger partial charge in [-0.2, -0.15) is 5.10 Å². The van der Waals surface area contributed by atoms with E-state index >= 15 is 0 Å². The molecule has 1 fully saturated rings. The number of ether oxygens (including phenoxy) is 3. The fourth-order valence-corrected chi connectivity index (χ4v) is 4.77. The van der Waals surface area contributed by atoms with Crippen LogP contribution in [0.5, 0.6) is 11.5 Å². The molecule has 162 valence electrons. The first kappa shape index (κ1) is 19.7. The average Bonchev–Trinajstić information content (AvgIpc) is 3.27. The highest BCUT2D eigenvalue weighted by molar-refractivity contribution is 6.02. The summed E-state index contributed by atoms with van der Waals surface area (Å²) in [5.41, 5.74) is 2.73. The third kappa shape index (κ3) is 3.38. The van der Waals surface area contributed by atoms with Gasteiger partial charge >= 0.3 is 6.09 Å². The molecule has 2 aromatic rings. The molecule has 0 aromatic heterocycles. The summed E-state index contributed by atoms with van der Waals surface area (Å²) in [4.78, 5) is 14.0. The summed E-state index contributed by atoms with van der Waals surface area (Å²) in [6.45, 7) is 3.37. The molecule has 1 saturated heterocycles. The molecule has 3 aliphatic heterocycles. The molecule has 31 heavy (non-hydrogen) atoms. The molecule has 0 bridgehead atoms. The predicted molar refractivity (Wildman–Crippen MR) is 116 cm³/mol. The highest BCUT2D eigenvalue weighted by Gasteiger charge is 2.52. The summed E-state index contributed by atoms with van der Waals surface area (Å²) in [6, 6.07) is 16.4. The van der Waals surface area contributed by atoms with E-state index in [-0.39, 0.29) is 12.1 Å². The molecule has 1 spiro atoms. The first-order valence-electron chi connectivity index (χ1n) is 10.8. The molecule has 7 nitrogen and oxygen atoms in total. The lowest BCUT2D eigenvalue weighted by molar-refractivity contribution is -0.147. The van der Waals surface area contributed by atoms with E-state index in [1.165, 1.54) is 0 Å². The average molecular weight is 421 g/mol. The largest absolute Gasteiger partial charge is 0.497 e. The van der Waals surface area contributed by atoms with E-state index in [4.69, 9.17) is 19.3 Å². The number of carbonyl (C=O) groups excluding carboxylic acids is 1. The maximum Gasteiger partial charge on any atom is 0.409 e. The molecule has 7 heteroatoms. The van der Waals surface area contributed by atoms with Gasteiger partial charge in [-0.3, -0.25) is 0 Å². The quantitative estimate of drug-likeness (QED) is 0.744. The lowest BCUT2D eigenvalue weighted by Gasteiger charge is -2.50. The van der Waals surface area contributed by atoms with Gasteiger partial charge in [-0.05, 0) is 42.8 Å². The zero-order valence-electron chi connectivity index (χ0n) is 17.9. The van der Waals surface area contributed by atoms with Crippen molar-refractivity contribution in [1.82, 2.24) is 9.91 Å². The second-order valence-corrected chi connectivity index (χ2v) is 8.11. The van der Waals surface area contributed by atoms with Crippen LogP contribution in [0, 0.1) is 0 Å². The Morgan fingerprint density at radius 2 is 1.90 bits per heavy atom. The minimum Gasteiger partial charge on any atom is -0.497 e. The van der Waals surface area contributed by atoms with E-state index in [2.05, 4.69) is 23.2 Å². The molecular formula is C24H27N3O4. The second kappa shape index (κ2) is 7.80. The number of para-hydroxylation sites is 1. The third-order valence-corrected chi connectivity index (χ3v) is 6.40. The van der Waals surface area contributed by atoms with E-state index in [9.17, 15) is 4.79 Å². The third-order valence-electron chi connectivity index (χ3n) is 6.40. The minimum absolute atomic E-state index is 0.121. The zero-order chi connectivity index (χ0) is 21.4. The Hall–Kier alpha value is -3.22. The summed E-state index contributed by atoms with van der Waals surface area (Å²) >= 11 is 0. The Balaban J connectivity index is 1.46. The summed E-state index contributed by atoms with van der Waals surface area (Å²) in [6.07, 6.45) is 1.91. The molecule has 0 saturated carbocycles. The van der Waals surface area contributed by atoms with Gasteiger partial charge in [-0.25, -0.2) is 9.80 Å². The number of methoxy groups -OCH3 is 1. The van der Waals surface area contributed by atoms with Gasteiger partial charge in [0.15, 0.2) is 0 Å². The van der Waals surface area contributed by atoms with Crippen molar-refractivity contribution in [1.29, 1.82) is 0 Å². The van der Waals surface area contributed by atoms with Crippen LogP contribution in [0.2, 0.25) is 0 Å². The van der Waals surface area contributed by atoms with Crippen LogP contribution in [0.4, 0.5) is 4.79 Å². The van der Waals surface area contributed by atoms with Crippen LogP contribution in [0.15, 0.2) is 53.6 Å². The van der Waals surface area contributed by atoms with Gasteiger partial charge in [0.05, 0.1) is 25.5 Å². The van der Waals surface area contributed by atoms with Crippen LogP contribution in [0.1, 0.15) is 43.4 Å².